The highest BCUT2D eigenvalue weighted by atomic mass is 32.1. The number of hydrogen-bond donors (Lipinski definition) is 0. The Balaban J connectivity index is 2.17. The predicted octanol–water partition coefficient (Wildman–Crippen LogP) is 2.81. The zero-order chi connectivity index (χ0) is 11.5. The summed E-state index contributed by atoms with van der Waals surface area (Å²) in [6, 6.07) is 5.75. The van der Waals surface area contributed by atoms with Crippen molar-refractivity contribution < 1.29 is 13.9 Å². The minimum absolute atomic E-state index is 0.0830. The number of thiazole rings is 1. The highest BCUT2D eigenvalue weighted by molar-refractivity contribution is 7.11. The van der Waals surface area contributed by atoms with Crippen molar-refractivity contribution in [3.63, 3.8) is 0 Å². The van der Waals surface area contributed by atoms with E-state index in [9.17, 15) is 9.18 Å². The molecule has 0 radical (unpaired) electrons. The summed E-state index contributed by atoms with van der Waals surface area (Å²) in [6.07, 6.45) is 0. The second-order valence-corrected chi connectivity index (χ2v) is 3.97. The lowest BCUT2D eigenvalue weighted by molar-refractivity contribution is 0.0727. The van der Waals surface area contributed by atoms with Gasteiger partial charge in [-0.3, -0.25) is 0 Å². The van der Waals surface area contributed by atoms with E-state index in [1.807, 2.05) is 0 Å². The number of nitrogens with zero attached hydrogens (tertiary/aromatic N) is 1. The number of para-hydroxylation sites is 1. The first-order valence-electron chi connectivity index (χ1n) is 4.55. The van der Waals surface area contributed by atoms with Gasteiger partial charge in [0.2, 0.25) is 5.01 Å². The van der Waals surface area contributed by atoms with Crippen LogP contribution in [-0.4, -0.2) is 11.0 Å². The summed E-state index contributed by atoms with van der Waals surface area (Å²) in [7, 11) is 0. The molecule has 3 nitrogen and oxygen atoms in total. The summed E-state index contributed by atoms with van der Waals surface area (Å²) in [5.74, 6) is -1.28. The molecule has 1 heterocycles. The highest BCUT2D eigenvalue weighted by Gasteiger charge is 2.14. The van der Waals surface area contributed by atoms with Crippen molar-refractivity contribution in [2.75, 3.05) is 0 Å². The molecule has 2 rings (SSSR count). The first-order valence-corrected chi connectivity index (χ1v) is 5.43. The maximum absolute atomic E-state index is 13.2. The number of carbonyl (C=O) groups excluding carboxylic acids is 1. The molecule has 0 unspecified atom stereocenters. The van der Waals surface area contributed by atoms with Crippen LogP contribution in [0, 0.1) is 12.7 Å². The fraction of sp³-hybridized carbons (Fsp3) is 0.0909. The average molecular weight is 237 g/mol. The molecule has 0 bridgehead atoms. The van der Waals surface area contributed by atoms with Crippen molar-refractivity contribution >= 4 is 17.3 Å². The van der Waals surface area contributed by atoms with Gasteiger partial charge in [0, 0.05) is 11.1 Å². The van der Waals surface area contributed by atoms with Crippen LogP contribution in [0.15, 0.2) is 29.6 Å². The van der Waals surface area contributed by atoms with Gasteiger partial charge in [-0.1, -0.05) is 12.1 Å². The van der Waals surface area contributed by atoms with Crippen LogP contribution < -0.4 is 4.74 Å². The van der Waals surface area contributed by atoms with Crippen molar-refractivity contribution in [2.45, 2.75) is 6.92 Å². The van der Waals surface area contributed by atoms with Gasteiger partial charge < -0.3 is 4.74 Å². The van der Waals surface area contributed by atoms with Crippen molar-refractivity contribution in [1.82, 2.24) is 4.98 Å². The van der Waals surface area contributed by atoms with Gasteiger partial charge in [-0.25, -0.2) is 14.2 Å². The molecule has 2 aromatic rings. The van der Waals surface area contributed by atoms with Crippen LogP contribution in [0.4, 0.5) is 4.39 Å². The van der Waals surface area contributed by atoms with E-state index in [1.54, 1.807) is 18.4 Å². The van der Waals surface area contributed by atoms with Crippen LogP contribution in [0.1, 0.15) is 15.5 Å². The highest BCUT2D eigenvalue weighted by Crippen LogP contribution is 2.18. The Hall–Kier alpha value is -1.75. The number of esters is 1. The van der Waals surface area contributed by atoms with E-state index in [0.717, 1.165) is 5.69 Å². The third kappa shape index (κ3) is 2.25. The molecule has 0 saturated heterocycles. The first kappa shape index (κ1) is 10.8. The minimum Gasteiger partial charge on any atom is -0.418 e. The number of halogens is 1. The van der Waals surface area contributed by atoms with E-state index in [0.29, 0.717) is 0 Å². The maximum Gasteiger partial charge on any atom is 0.372 e. The van der Waals surface area contributed by atoms with Crippen molar-refractivity contribution in [3.8, 4) is 5.75 Å². The van der Waals surface area contributed by atoms with Gasteiger partial charge in [-0.2, -0.15) is 0 Å². The number of benzene rings is 1. The van der Waals surface area contributed by atoms with Gasteiger partial charge in [-0.05, 0) is 19.1 Å². The lowest BCUT2D eigenvalue weighted by atomic mass is 10.3. The minimum atomic E-state index is -0.636. The van der Waals surface area contributed by atoms with Gasteiger partial charge in [0.1, 0.15) is 0 Å². The van der Waals surface area contributed by atoms with Crippen molar-refractivity contribution in [2.24, 2.45) is 0 Å². The Morgan fingerprint density at radius 2 is 2.19 bits per heavy atom. The number of carbonyl (C=O) groups is 1. The molecule has 0 N–H and O–H groups in total. The Bertz CT molecular complexity index is 524. The lowest BCUT2D eigenvalue weighted by Crippen LogP contribution is -2.09. The topological polar surface area (TPSA) is 39.2 Å². The third-order valence-electron chi connectivity index (χ3n) is 1.83. The van der Waals surface area contributed by atoms with Crippen molar-refractivity contribution in [1.29, 1.82) is 0 Å². The molecule has 1 aromatic heterocycles. The molecule has 1 aromatic carbocycles. The quantitative estimate of drug-likeness (QED) is 0.595. The number of aromatic nitrogens is 1. The SMILES string of the molecule is Cc1csc(C(=O)Oc2ccccc2F)n1. The Labute approximate surface area is 95.5 Å². The summed E-state index contributed by atoms with van der Waals surface area (Å²) >= 11 is 1.17. The van der Waals surface area contributed by atoms with Gasteiger partial charge in [-0.15, -0.1) is 11.3 Å². The van der Waals surface area contributed by atoms with Gasteiger partial charge >= 0.3 is 5.97 Å². The Morgan fingerprint density at radius 1 is 1.44 bits per heavy atom. The smallest absolute Gasteiger partial charge is 0.372 e. The number of rotatable bonds is 2. The second kappa shape index (κ2) is 4.40. The standard InChI is InChI=1S/C11H8FNO2S/c1-7-6-16-10(13-7)11(14)15-9-5-3-2-4-8(9)12/h2-6H,1H3. The average Bonchev–Trinajstić information content (AvgIpc) is 2.68. The van der Waals surface area contributed by atoms with E-state index >= 15 is 0 Å². The maximum atomic E-state index is 13.2. The van der Waals surface area contributed by atoms with E-state index in [1.165, 1.54) is 29.5 Å². The number of hydrogen-bond acceptors (Lipinski definition) is 4. The second-order valence-electron chi connectivity index (χ2n) is 3.11. The fourth-order valence-corrected chi connectivity index (χ4v) is 1.79. The number of aryl methyl sites for hydroxylation is 1. The fourth-order valence-electron chi connectivity index (χ4n) is 1.12. The van der Waals surface area contributed by atoms with Gasteiger partial charge in [0.05, 0.1) is 0 Å². The predicted molar refractivity (Wildman–Crippen MR) is 58.2 cm³/mol. The van der Waals surface area contributed by atoms with Crippen LogP contribution in [0.3, 0.4) is 0 Å². The zero-order valence-electron chi connectivity index (χ0n) is 8.44. The largest absolute Gasteiger partial charge is 0.418 e. The molecule has 0 aliphatic heterocycles. The lowest BCUT2D eigenvalue weighted by Gasteiger charge is -2.02. The summed E-state index contributed by atoms with van der Waals surface area (Å²) in [5.41, 5.74) is 0.741. The Morgan fingerprint density at radius 3 is 2.81 bits per heavy atom. The molecule has 0 amide bonds. The van der Waals surface area contributed by atoms with Crippen LogP contribution in [0.5, 0.6) is 5.75 Å². The van der Waals surface area contributed by atoms with Gasteiger partial charge in [0.15, 0.2) is 11.6 Å². The van der Waals surface area contributed by atoms with Crippen LogP contribution >= 0.6 is 11.3 Å². The molecule has 0 aliphatic rings. The molecular formula is C11H8FNO2S. The van der Waals surface area contributed by atoms with E-state index < -0.39 is 11.8 Å². The summed E-state index contributed by atoms with van der Waals surface area (Å²) in [6.45, 7) is 1.77. The third-order valence-corrected chi connectivity index (χ3v) is 2.77. The molecule has 0 atom stereocenters. The molecular weight excluding hydrogens is 229 g/mol. The van der Waals surface area contributed by atoms with Gasteiger partial charge in [0.25, 0.3) is 0 Å². The number of ether oxygens (including phenoxy) is 1. The summed E-state index contributed by atoms with van der Waals surface area (Å²) < 4.78 is 18.1. The normalized spacial score (nSPS) is 10.1. The van der Waals surface area contributed by atoms with E-state index in [2.05, 4.69) is 4.98 Å². The molecule has 0 aliphatic carbocycles. The van der Waals surface area contributed by atoms with Crippen LogP contribution in [0.2, 0.25) is 0 Å². The molecule has 0 spiro atoms. The molecule has 0 fully saturated rings. The van der Waals surface area contributed by atoms with Crippen LogP contribution in [-0.2, 0) is 0 Å². The summed E-state index contributed by atoms with van der Waals surface area (Å²) in [4.78, 5) is 15.5. The molecule has 0 saturated carbocycles. The monoisotopic (exact) mass is 237 g/mol. The zero-order valence-corrected chi connectivity index (χ0v) is 9.25. The van der Waals surface area contributed by atoms with Crippen LogP contribution in [0.25, 0.3) is 0 Å². The first-order chi connectivity index (χ1) is 7.66. The Kier molecular flexibility index (Phi) is 2.96. The van der Waals surface area contributed by atoms with E-state index in [4.69, 9.17) is 4.74 Å². The molecule has 82 valence electrons. The summed E-state index contributed by atoms with van der Waals surface area (Å²) in [5, 5.41) is 1.96. The molecule has 16 heavy (non-hydrogen) atoms. The van der Waals surface area contributed by atoms with E-state index in [-0.39, 0.29) is 10.8 Å². The van der Waals surface area contributed by atoms with Crippen molar-refractivity contribution in [3.05, 3.63) is 46.2 Å². The molecule has 5 heteroatoms.